The van der Waals surface area contributed by atoms with Gasteiger partial charge >= 0.3 is 0 Å². The van der Waals surface area contributed by atoms with Gasteiger partial charge in [0.2, 0.25) is 5.95 Å². The lowest BCUT2D eigenvalue weighted by Crippen LogP contribution is -2.07. The lowest BCUT2D eigenvalue weighted by molar-refractivity contribution is 0.112. The third-order valence-electron chi connectivity index (χ3n) is 3.50. The molecule has 0 saturated carbocycles. The van der Waals surface area contributed by atoms with Crippen LogP contribution in [0.4, 0.5) is 11.8 Å². The number of hydrogen-bond donors (Lipinski definition) is 3. The SMILES string of the molecule is CCCCNC.CCCCNc1nc(N)nc2cccc(C=O)c12. The van der Waals surface area contributed by atoms with Gasteiger partial charge in [0.15, 0.2) is 6.29 Å². The number of nitrogens with zero attached hydrogens (tertiary/aromatic N) is 2. The molecule has 1 heterocycles. The van der Waals surface area contributed by atoms with Gasteiger partial charge in [0.05, 0.1) is 10.9 Å². The molecule has 0 aliphatic carbocycles. The normalized spacial score (nSPS) is 10.1. The first-order valence-corrected chi connectivity index (χ1v) is 8.57. The van der Waals surface area contributed by atoms with Crippen molar-refractivity contribution in [2.45, 2.75) is 39.5 Å². The summed E-state index contributed by atoms with van der Waals surface area (Å²) < 4.78 is 0. The minimum Gasteiger partial charge on any atom is -0.369 e. The van der Waals surface area contributed by atoms with Gasteiger partial charge in [-0.2, -0.15) is 4.98 Å². The van der Waals surface area contributed by atoms with Crippen molar-refractivity contribution >= 4 is 29.0 Å². The molecule has 0 unspecified atom stereocenters. The number of anilines is 2. The molecule has 0 aliphatic heterocycles. The minimum absolute atomic E-state index is 0.213. The molecule has 24 heavy (non-hydrogen) atoms. The number of nitrogens with one attached hydrogen (secondary N) is 2. The molecule has 0 spiro atoms. The van der Waals surface area contributed by atoms with Gasteiger partial charge in [-0.1, -0.05) is 38.8 Å². The Bertz CT molecular complexity index is 626. The first kappa shape index (κ1) is 19.8. The maximum absolute atomic E-state index is 11.1. The summed E-state index contributed by atoms with van der Waals surface area (Å²) in [6, 6.07) is 5.36. The minimum atomic E-state index is 0.213. The van der Waals surface area contributed by atoms with E-state index in [0.29, 0.717) is 16.9 Å². The van der Waals surface area contributed by atoms with Crippen molar-refractivity contribution < 1.29 is 4.79 Å². The quantitative estimate of drug-likeness (QED) is 0.508. The van der Waals surface area contributed by atoms with E-state index in [2.05, 4.69) is 34.4 Å². The molecule has 6 nitrogen and oxygen atoms in total. The Morgan fingerprint density at radius 1 is 1.12 bits per heavy atom. The second-order valence-corrected chi connectivity index (χ2v) is 5.53. The largest absolute Gasteiger partial charge is 0.369 e. The van der Waals surface area contributed by atoms with Gasteiger partial charge in [-0.3, -0.25) is 4.79 Å². The van der Waals surface area contributed by atoms with Crippen LogP contribution < -0.4 is 16.4 Å². The van der Waals surface area contributed by atoms with E-state index in [9.17, 15) is 4.79 Å². The van der Waals surface area contributed by atoms with Crippen LogP contribution in [0.1, 0.15) is 49.9 Å². The van der Waals surface area contributed by atoms with Crippen LogP contribution >= 0.6 is 0 Å². The summed E-state index contributed by atoms with van der Waals surface area (Å²) >= 11 is 0. The van der Waals surface area contributed by atoms with Gasteiger partial charge in [-0.25, -0.2) is 4.98 Å². The Labute approximate surface area is 144 Å². The van der Waals surface area contributed by atoms with Crippen LogP contribution in [0.5, 0.6) is 0 Å². The molecule has 1 aromatic carbocycles. The van der Waals surface area contributed by atoms with E-state index in [1.165, 1.54) is 12.8 Å². The van der Waals surface area contributed by atoms with Gasteiger partial charge in [0.1, 0.15) is 5.82 Å². The van der Waals surface area contributed by atoms with Crippen LogP contribution in [-0.4, -0.2) is 36.4 Å². The molecular formula is C18H29N5O. The first-order chi connectivity index (χ1) is 11.7. The van der Waals surface area contributed by atoms with Gasteiger partial charge < -0.3 is 16.4 Å². The number of nitrogen functional groups attached to an aromatic ring is 1. The van der Waals surface area contributed by atoms with Crippen molar-refractivity contribution in [3.8, 4) is 0 Å². The zero-order chi connectivity index (χ0) is 17.8. The predicted molar refractivity (Wildman–Crippen MR) is 102 cm³/mol. The molecule has 0 radical (unpaired) electrons. The first-order valence-electron chi connectivity index (χ1n) is 8.57. The molecule has 0 fully saturated rings. The highest BCUT2D eigenvalue weighted by Crippen LogP contribution is 2.24. The molecular weight excluding hydrogens is 302 g/mol. The van der Waals surface area contributed by atoms with Crippen molar-refractivity contribution in [3.63, 3.8) is 0 Å². The van der Waals surface area contributed by atoms with Gasteiger partial charge in [-0.05, 0) is 32.5 Å². The van der Waals surface area contributed by atoms with Crippen LogP contribution in [0.15, 0.2) is 18.2 Å². The number of carbonyl (C=O) groups excluding carboxylic acids is 1. The average Bonchev–Trinajstić information content (AvgIpc) is 2.59. The van der Waals surface area contributed by atoms with E-state index in [0.717, 1.165) is 37.6 Å². The summed E-state index contributed by atoms with van der Waals surface area (Å²) in [5, 5.41) is 7.02. The third kappa shape index (κ3) is 6.12. The number of aromatic nitrogens is 2. The van der Waals surface area contributed by atoms with E-state index < -0.39 is 0 Å². The number of carbonyl (C=O) groups is 1. The molecule has 1 aromatic heterocycles. The highest BCUT2D eigenvalue weighted by Gasteiger charge is 2.09. The fourth-order valence-corrected chi connectivity index (χ4v) is 2.19. The van der Waals surface area contributed by atoms with E-state index >= 15 is 0 Å². The predicted octanol–water partition coefficient (Wildman–Crippen LogP) is 3.24. The van der Waals surface area contributed by atoms with E-state index in [1.54, 1.807) is 12.1 Å². The lowest BCUT2D eigenvalue weighted by Gasteiger charge is -2.10. The smallest absolute Gasteiger partial charge is 0.222 e. The molecule has 0 bridgehead atoms. The molecule has 132 valence electrons. The van der Waals surface area contributed by atoms with Gasteiger partial charge in [-0.15, -0.1) is 0 Å². The molecule has 2 aromatic rings. The van der Waals surface area contributed by atoms with Crippen LogP contribution in [0.2, 0.25) is 0 Å². The second kappa shape index (κ2) is 11.3. The maximum atomic E-state index is 11.1. The molecule has 2 rings (SSSR count). The number of hydrogen-bond acceptors (Lipinski definition) is 6. The van der Waals surface area contributed by atoms with E-state index in [1.807, 2.05) is 13.1 Å². The Morgan fingerprint density at radius 3 is 2.42 bits per heavy atom. The Balaban J connectivity index is 0.000000413. The monoisotopic (exact) mass is 331 g/mol. The summed E-state index contributed by atoms with van der Waals surface area (Å²) in [7, 11) is 1.98. The summed E-state index contributed by atoms with van der Waals surface area (Å²) in [6.07, 6.45) is 5.53. The van der Waals surface area contributed by atoms with Crippen LogP contribution in [0.25, 0.3) is 10.9 Å². The van der Waals surface area contributed by atoms with Crippen LogP contribution in [0, 0.1) is 0 Å². The van der Waals surface area contributed by atoms with Crippen LogP contribution in [-0.2, 0) is 0 Å². The zero-order valence-corrected chi connectivity index (χ0v) is 14.9. The van der Waals surface area contributed by atoms with E-state index in [4.69, 9.17) is 5.73 Å². The van der Waals surface area contributed by atoms with Gasteiger partial charge in [0, 0.05) is 12.1 Å². The number of unbranched alkanes of at least 4 members (excludes halogenated alkanes) is 2. The summed E-state index contributed by atoms with van der Waals surface area (Å²) in [5.41, 5.74) is 6.93. The van der Waals surface area contributed by atoms with Crippen molar-refractivity contribution in [1.29, 1.82) is 0 Å². The molecule has 4 N–H and O–H groups in total. The van der Waals surface area contributed by atoms with Crippen molar-refractivity contribution in [2.24, 2.45) is 0 Å². The highest BCUT2D eigenvalue weighted by atomic mass is 16.1. The second-order valence-electron chi connectivity index (χ2n) is 5.53. The Morgan fingerprint density at radius 2 is 1.83 bits per heavy atom. The summed E-state index contributed by atoms with van der Waals surface area (Å²) in [5.74, 6) is 0.846. The molecule has 0 amide bonds. The molecule has 6 heteroatoms. The summed E-state index contributed by atoms with van der Waals surface area (Å²) in [4.78, 5) is 19.4. The Kier molecular flexibility index (Phi) is 9.38. The average molecular weight is 331 g/mol. The van der Waals surface area contributed by atoms with Gasteiger partial charge in [0.25, 0.3) is 0 Å². The number of rotatable bonds is 8. The lowest BCUT2D eigenvalue weighted by atomic mass is 10.1. The topological polar surface area (TPSA) is 92.9 Å². The molecule has 0 atom stereocenters. The van der Waals surface area contributed by atoms with Crippen molar-refractivity contribution in [1.82, 2.24) is 15.3 Å². The Hall–Kier alpha value is -2.21. The number of aldehydes is 1. The summed E-state index contributed by atoms with van der Waals surface area (Å²) in [6.45, 7) is 6.27. The zero-order valence-electron chi connectivity index (χ0n) is 14.9. The fraction of sp³-hybridized carbons (Fsp3) is 0.500. The number of fused-ring (bicyclic) bond motifs is 1. The fourth-order valence-electron chi connectivity index (χ4n) is 2.19. The third-order valence-corrected chi connectivity index (χ3v) is 3.50. The maximum Gasteiger partial charge on any atom is 0.222 e. The van der Waals surface area contributed by atoms with Crippen molar-refractivity contribution in [3.05, 3.63) is 23.8 Å². The standard InChI is InChI=1S/C13H16N4O.C5H13N/c1-2-3-7-15-12-11-9(8-18)5-4-6-10(11)16-13(14)17-12;1-3-4-5-6-2/h4-6,8H,2-3,7H2,1H3,(H3,14,15,16,17);6H,3-5H2,1-2H3. The number of nitrogens with two attached hydrogens (primary N) is 1. The van der Waals surface area contributed by atoms with Crippen LogP contribution in [0.3, 0.4) is 0 Å². The number of benzene rings is 1. The van der Waals surface area contributed by atoms with E-state index in [-0.39, 0.29) is 5.95 Å². The molecule has 0 aliphatic rings. The highest BCUT2D eigenvalue weighted by molar-refractivity contribution is 6.02. The van der Waals surface area contributed by atoms with Crippen molar-refractivity contribution in [2.75, 3.05) is 31.2 Å². The molecule has 0 saturated heterocycles.